The molecular weight excluding hydrogens is 236 g/mol. The topological polar surface area (TPSA) is 34.9 Å². The summed E-state index contributed by atoms with van der Waals surface area (Å²) in [5.74, 6) is 0.912. The fourth-order valence-electron chi connectivity index (χ4n) is 2.71. The lowest BCUT2D eigenvalue weighted by molar-refractivity contribution is 0.261. The predicted octanol–water partition coefficient (Wildman–Crippen LogP) is 3.01. The van der Waals surface area contributed by atoms with E-state index >= 15 is 0 Å². The van der Waals surface area contributed by atoms with E-state index in [4.69, 9.17) is 4.98 Å². The maximum absolute atomic E-state index is 12.5. The summed E-state index contributed by atoms with van der Waals surface area (Å²) in [7, 11) is 0. The molecule has 3 rings (SSSR count). The summed E-state index contributed by atoms with van der Waals surface area (Å²) in [5, 5.41) is 0.703. The van der Waals surface area contributed by atoms with Crippen LogP contribution in [-0.2, 0) is 13.0 Å². The number of benzene rings is 1. The molecule has 98 valence electrons. The van der Waals surface area contributed by atoms with Crippen molar-refractivity contribution in [1.82, 2.24) is 9.55 Å². The summed E-state index contributed by atoms with van der Waals surface area (Å²) >= 11 is 0. The second kappa shape index (κ2) is 4.05. The SMILES string of the molecule is C=Cc1ccc2c(=O)n3c(nc2c1)CC(C)(C)CC3. The van der Waals surface area contributed by atoms with Crippen LogP contribution in [0.3, 0.4) is 0 Å². The lowest BCUT2D eigenvalue weighted by atomic mass is 9.83. The standard InChI is InChI=1S/C16H18N2O/c1-4-11-5-6-12-13(9-11)17-14-10-16(2,3)7-8-18(14)15(12)19/h4-6,9H,1,7-8,10H2,2-3H3. The highest BCUT2D eigenvalue weighted by Gasteiger charge is 2.27. The van der Waals surface area contributed by atoms with E-state index in [0.29, 0.717) is 5.39 Å². The molecule has 1 aromatic heterocycles. The third kappa shape index (κ3) is 1.99. The molecule has 2 aromatic rings. The van der Waals surface area contributed by atoms with Gasteiger partial charge in [0, 0.05) is 13.0 Å². The Morgan fingerprint density at radius 1 is 1.42 bits per heavy atom. The zero-order valence-electron chi connectivity index (χ0n) is 11.4. The maximum Gasteiger partial charge on any atom is 0.261 e. The molecule has 19 heavy (non-hydrogen) atoms. The minimum Gasteiger partial charge on any atom is -0.296 e. The van der Waals surface area contributed by atoms with Gasteiger partial charge in [0.25, 0.3) is 5.56 Å². The zero-order chi connectivity index (χ0) is 13.6. The van der Waals surface area contributed by atoms with Gasteiger partial charge in [-0.1, -0.05) is 32.6 Å². The predicted molar refractivity (Wildman–Crippen MR) is 78.2 cm³/mol. The third-order valence-electron chi connectivity index (χ3n) is 3.94. The zero-order valence-corrected chi connectivity index (χ0v) is 11.4. The summed E-state index contributed by atoms with van der Waals surface area (Å²) in [4.78, 5) is 17.2. The Labute approximate surface area is 112 Å². The van der Waals surface area contributed by atoms with E-state index in [1.807, 2.05) is 22.8 Å². The van der Waals surface area contributed by atoms with Crippen molar-refractivity contribution in [3.8, 4) is 0 Å². The van der Waals surface area contributed by atoms with E-state index in [9.17, 15) is 4.79 Å². The molecule has 2 heterocycles. The highest BCUT2D eigenvalue weighted by molar-refractivity contribution is 5.80. The average molecular weight is 254 g/mol. The van der Waals surface area contributed by atoms with Gasteiger partial charge in [-0.25, -0.2) is 4.98 Å². The Hall–Kier alpha value is -1.90. The van der Waals surface area contributed by atoms with Crippen LogP contribution in [0.4, 0.5) is 0 Å². The molecule has 0 radical (unpaired) electrons. The number of aromatic nitrogens is 2. The number of nitrogens with zero attached hydrogens (tertiary/aromatic N) is 2. The van der Waals surface area contributed by atoms with Crippen molar-refractivity contribution in [1.29, 1.82) is 0 Å². The monoisotopic (exact) mass is 254 g/mol. The van der Waals surface area contributed by atoms with Gasteiger partial charge in [0.05, 0.1) is 10.9 Å². The molecular formula is C16H18N2O. The van der Waals surface area contributed by atoms with Crippen LogP contribution in [0.2, 0.25) is 0 Å². The summed E-state index contributed by atoms with van der Waals surface area (Å²) in [6.45, 7) is 8.99. The Morgan fingerprint density at radius 3 is 2.95 bits per heavy atom. The van der Waals surface area contributed by atoms with Crippen LogP contribution >= 0.6 is 0 Å². The molecule has 1 aromatic carbocycles. The molecule has 0 saturated carbocycles. The molecule has 3 heteroatoms. The first-order valence-corrected chi connectivity index (χ1v) is 6.66. The van der Waals surface area contributed by atoms with E-state index in [-0.39, 0.29) is 11.0 Å². The fraction of sp³-hybridized carbons (Fsp3) is 0.375. The van der Waals surface area contributed by atoms with E-state index < -0.39 is 0 Å². The molecule has 0 bridgehead atoms. The van der Waals surface area contributed by atoms with Crippen molar-refractivity contribution in [2.24, 2.45) is 5.41 Å². The number of hydrogen-bond donors (Lipinski definition) is 0. The summed E-state index contributed by atoms with van der Waals surface area (Å²) in [6, 6.07) is 5.71. The minimum absolute atomic E-state index is 0.0890. The Balaban J connectivity index is 2.28. The van der Waals surface area contributed by atoms with Crippen LogP contribution in [-0.4, -0.2) is 9.55 Å². The van der Waals surface area contributed by atoms with Crippen molar-refractivity contribution in [3.63, 3.8) is 0 Å². The van der Waals surface area contributed by atoms with Gasteiger partial charge in [-0.3, -0.25) is 9.36 Å². The molecule has 0 saturated heterocycles. The normalized spacial score (nSPS) is 17.2. The van der Waals surface area contributed by atoms with E-state index in [2.05, 4.69) is 20.4 Å². The summed E-state index contributed by atoms with van der Waals surface area (Å²) in [5.41, 5.74) is 2.10. The van der Waals surface area contributed by atoms with E-state index in [0.717, 1.165) is 36.3 Å². The molecule has 0 fully saturated rings. The Morgan fingerprint density at radius 2 is 2.21 bits per heavy atom. The summed E-state index contributed by atoms with van der Waals surface area (Å²) < 4.78 is 1.83. The lowest BCUT2D eigenvalue weighted by Gasteiger charge is -2.31. The minimum atomic E-state index is 0.0890. The fourth-order valence-corrected chi connectivity index (χ4v) is 2.71. The second-order valence-electron chi connectivity index (χ2n) is 6.06. The first-order valence-electron chi connectivity index (χ1n) is 6.66. The number of fused-ring (bicyclic) bond motifs is 2. The number of hydrogen-bond acceptors (Lipinski definition) is 2. The van der Waals surface area contributed by atoms with Crippen molar-refractivity contribution >= 4 is 17.0 Å². The molecule has 1 aliphatic rings. The van der Waals surface area contributed by atoms with Gasteiger partial charge in [0.1, 0.15) is 5.82 Å². The largest absolute Gasteiger partial charge is 0.296 e. The third-order valence-corrected chi connectivity index (χ3v) is 3.94. The van der Waals surface area contributed by atoms with E-state index in [1.54, 1.807) is 6.08 Å². The van der Waals surface area contributed by atoms with Gasteiger partial charge in [0.2, 0.25) is 0 Å². The van der Waals surface area contributed by atoms with Crippen molar-refractivity contribution in [2.45, 2.75) is 33.2 Å². The second-order valence-corrected chi connectivity index (χ2v) is 6.06. The number of rotatable bonds is 1. The average Bonchev–Trinajstić information content (AvgIpc) is 2.36. The molecule has 1 aliphatic heterocycles. The first kappa shape index (κ1) is 12.2. The van der Waals surface area contributed by atoms with Crippen LogP contribution in [0.15, 0.2) is 29.6 Å². The van der Waals surface area contributed by atoms with Crippen molar-refractivity contribution < 1.29 is 0 Å². The first-order chi connectivity index (χ1) is 9.00. The highest BCUT2D eigenvalue weighted by atomic mass is 16.1. The lowest BCUT2D eigenvalue weighted by Crippen LogP contribution is -2.35. The van der Waals surface area contributed by atoms with Crippen LogP contribution in [0.1, 0.15) is 31.7 Å². The van der Waals surface area contributed by atoms with Gasteiger partial charge >= 0.3 is 0 Å². The molecule has 0 aliphatic carbocycles. The van der Waals surface area contributed by atoms with Crippen LogP contribution in [0.25, 0.3) is 17.0 Å². The van der Waals surface area contributed by atoms with Gasteiger partial charge in [0.15, 0.2) is 0 Å². The molecule has 3 nitrogen and oxygen atoms in total. The quantitative estimate of drug-likeness (QED) is 0.784. The maximum atomic E-state index is 12.5. The van der Waals surface area contributed by atoms with Crippen molar-refractivity contribution in [3.05, 3.63) is 46.5 Å². The van der Waals surface area contributed by atoms with Crippen LogP contribution in [0, 0.1) is 5.41 Å². The van der Waals surface area contributed by atoms with Crippen LogP contribution in [0.5, 0.6) is 0 Å². The molecule has 0 atom stereocenters. The molecule has 0 N–H and O–H groups in total. The van der Waals surface area contributed by atoms with Crippen LogP contribution < -0.4 is 5.56 Å². The highest BCUT2D eigenvalue weighted by Crippen LogP contribution is 2.30. The smallest absolute Gasteiger partial charge is 0.261 e. The molecule has 0 unspecified atom stereocenters. The summed E-state index contributed by atoms with van der Waals surface area (Å²) in [6.07, 6.45) is 3.66. The van der Waals surface area contributed by atoms with Gasteiger partial charge in [-0.05, 0) is 29.5 Å². The van der Waals surface area contributed by atoms with Gasteiger partial charge in [-0.2, -0.15) is 0 Å². The van der Waals surface area contributed by atoms with Crippen molar-refractivity contribution in [2.75, 3.05) is 0 Å². The Bertz CT molecular complexity index is 725. The van der Waals surface area contributed by atoms with E-state index in [1.165, 1.54) is 0 Å². The van der Waals surface area contributed by atoms with Gasteiger partial charge in [-0.15, -0.1) is 0 Å². The van der Waals surface area contributed by atoms with Gasteiger partial charge < -0.3 is 0 Å². The molecule has 0 amide bonds. The molecule has 0 spiro atoms. The Kier molecular flexibility index (Phi) is 2.59.